The van der Waals surface area contributed by atoms with Gasteiger partial charge in [-0.15, -0.1) is 0 Å². The van der Waals surface area contributed by atoms with Gasteiger partial charge in [-0.1, -0.05) is 18.2 Å². The average Bonchev–Trinajstić information content (AvgIpc) is 2.57. The monoisotopic (exact) mass is 325 g/mol. The smallest absolute Gasteiger partial charge is 0.260 e. The van der Waals surface area contributed by atoms with Gasteiger partial charge in [0.2, 0.25) is 5.91 Å². The summed E-state index contributed by atoms with van der Waals surface area (Å²) in [6.07, 6.45) is 1.35. The second-order valence-electron chi connectivity index (χ2n) is 5.88. The van der Waals surface area contributed by atoms with Crippen LogP contribution in [0.3, 0.4) is 0 Å². The molecule has 2 heterocycles. The Labute approximate surface area is 139 Å². The Hall–Kier alpha value is -2.89. The van der Waals surface area contributed by atoms with Crippen LogP contribution in [0.25, 0.3) is 0 Å². The normalized spacial score (nSPS) is 17.6. The minimum atomic E-state index is -0.618. The third-order valence-electron chi connectivity index (χ3n) is 4.11. The van der Waals surface area contributed by atoms with Crippen LogP contribution in [0.5, 0.6) is 0 Å². The van der Waals surface area contributed by atoms with Crippen LogP contribution in [-0.2, 0) is 4.79 Å². The molecule has 1 saturated heterocycles. The maximum absolute atomic E-state index is 12.7. The number of aromatic amines is 1. The van der Waals surface area contributed by atoms with Gasteiger partial charge < -0.3 is 15.2 Å². The molecule has 1 aromatic heterocycles. The quantitative estimate of drug-likeness (QED) is 0.899. The molecule has 1 fully saturated rings. The number of H-pyrrole nitrogens is 1. The van der Waals surface area contributed by atoms with E-state index in [0.717, 1.165) is 12.1 Å². The maximum Gasteiger partial charge on any atom is 0.260 e. The number of aryl methyl sites for hydroxylation is 1. The van der Waals surface area contributed by atoms with Gasteiger partial charge in [0.15, 0.2) is 0 Å². The van der Waals surface area contributed by atoms with Crippen molar-refractivity contribution in [1.82, 2.24) is 10.3 Å². The molecule has 2 aromatic rings. The van der Waals surface area contributed by atoms with Crippen LogP contribution in [0.1, 0.15) is 28.9 Å². The van der Waals surface area contributed by atoms with Crippen LogP contribution in [0, 0.1) is 6.92 Å². The molecule has 6 nitrogen and oxygen atoms in total. The Morgan fingerprint density at radius 1 is 1.17 bits per heavy atom. The highest BCUT2D eigenvalue weighted by Crippen LogP contribution is 2.20. The molecule has 1 atom stereocenters. The van der Waals surface area contributed by atoms with Gasteiger partial charge >= 0.3 is 0 Å². The third-order valence-corrected chi connectivity index (χ3v) is 4.11. The maximum atomic E-state index is 12.7. The molecule has 0 aliphatic carbocycles. The Kier molecular flexibility index (Phi) is 4.46. The minimum Gasteiger partial charge on any atom is -0.340 e. The molecular weight excluding hydrogens is 306 g/mol. The molecule has 1 unspecified atom stereocenters. The van der Waals surface area contributed by atoms with E-state index in [1.807, 2.05) is 30.3 Å². The zero-order valence-corrected chi connectivity index (χ0v) is 13.4. The lowest BCUT2D eigenvalue weighted by Crippen LogP contribution is -2.53. The summed E-state index contributed by atoms with van der Waals surface area (Å²) in [5.41, 5.74) is 1.07. The van der Waals surface area contributed by atoms with Crippen molar-refractivity contribution in [3.05, 3.63) is 64.1 Å². The van der Waals surface area contributed by atoms with Crippen molar-refractivity contribution >= 4 is 17.5 Å². The van der Waals surface area contributed by atoms with Gasteiger partial charge in [-0.3, -0.25) is 14.4 Å². The summed E-state index contributed by atoms with van der Waals surface area (Å²) in [5.74, 6) is -0.672. The van der Waals surface area contributed by atoms with E-state index in [0.29, 0.717) is 18.7 Å². The fourth-order valence-corrected chi connectivity index (χ4v) is 2.86. The van der Waals surface area contributed by atoms with Gasteiger partial charge in [0.1, 0.15) is 11.6 Å². The van der Waals surface area contributed by atoms with E-state index < -0.39 is 17.5 Å². The van der Waals surface area contributed by atoms with Crippen LogP contribution < -0.4 is 15.8 Å². The number of hydrogen-bond donors (Lipinski definition) is 2. The van der Waals surface area contributed by atoms with Gasteiger partial charge in [-0.25, -0.2) is 0 Å². The number of para-hydroxylation sites is 1. The Morgan fingerprint density at radius 2 is 1.92 bits per heavy atom. The first-order chi connectivity index (χ1) is 11.6. The molecule has 0 bridgehead atoms. The van der Waals surface area contributed by atoms with Crippen molar-refractivity contribution in [2.75, 3.05) is 11.4 Å². The SMILES string of the molecule is Cc1ccc(C(=O)NC2CCCN(c3ccccc3)C2=O)c(=O)[nH]1. The summed E-state index contributed by atoms with van der Waals surface area (Å²) in [7, 11) is 0. The van der Waals surface area contributed by atoms with Gasteiger partial charge in [-0.05, 0) is 44.0 Å². The number of rotatable bonds is 3. The summed E-state index contributed by atoms with van der Waals surface area (Å²) < 4.78 is 0. The number of benzene rings is 1. The first-order valence-electron chi connectivity index (χ1n) is 7.93. The molecule has 0 spiro atoms. The zero-order valence-electron chi connectivity index (χ0n) is 13.4. The summed E-state index contributed by atoms with van der Waals surface area (Å²) in [5, 5.41) is 2.69. The van der Waals surface area contributed by atoms with Crippen molar-refractivity contribution in [2.24, 2.45) is 0 Å². The van der Waals surface area contributed by atoms with E-state index in [1.54, 1.807) is 17.9 Å². The molecule has 124 valence electrons. The molecule has 1 aliphatic heterocycles. The Balaban J connectivity index is 1.76. The number of piperidine rings is 1. The summed E-state index contributed by atoms with van der Waals surface area (Å²) in [6, 6.07) is 11.9. The summed E-state index contributed by atoms with van der Waals surface area (Å²) in [6.45, 7) is 2.37. The van der Waals surface area contributed by atoms with Crippen molar-refractivity contribution < 1.29 is 9.59 Å². The summed E-state index contributed by atoms with van der Waals surface area (Å²) >= 11 is 0. The van der Waals surface area contributed by atoms with Crippen LogP contribution in [0.15, 0.2) is 47.3 Å². The van der Waals surface area contributed by atoms with E-state index in [1.165, 1.54) is 6.07 Å². The third kappa shape index (κ3) is 3.22. The van der Waals surface area contributed by atoms with Crippen LogP contribution in [0.2, 0.25) is 0 Å². The van der Waals surface area contributed by atoms with Gasteiger partial charge in [0, 0.05) is 17.9 Å². The molecule has 6 heteroatoms. The van der Waals surface area contributed by atoms with Gasteiger partial charge in [0.25, 0.3) is 11.5 Å². The standard InChI is InChI=1S/C18H19N3O3/c1-12-9-10-14(16(22)19-12)17(23)20-15-8-5-11-21(18(15)24)13-6-3-2-4-7-13/h2-4,6-7,9-10,15H,5,8,11H2,1H3,(H,19,22)(H,20,23). The van der Waals surface area contributed by atoms with E-state index in [4.69, 9.17) is 0 Å². The Bertz CT molecular complexity index is 814. The lowest BCUT2D eigenvalue weighted by Gasteiger charge is -2.32. The van der Waals surface area contributed by atoms with Gasteiger partial charge in [0.05, 0.1) is 0 Å². The van der Waals surface area contributed by atoms with Crippen molar-refractivity contribution in [3.8, 4) is 0 Å². The predicted octanol–water partition coefficient (Wildman–Crippen LogP) is 1.61. The molecule has 2 N–H and O–H groups in total. The number of carbonyl (C=O) groups excluding carboxylic acids is 2. The number of aromatic nitrogens is 1. The number of anilines is 1. The van der Waals surface area contributed by atoms with Crippen LogP contribution >= 0.6 is 0 Å². The van der Waals surface area contributed by atoms with E-state index in [2.05, 4.69) is 10.3 Å². The first kappa shape index (κ1) is 16.0. The molecule has 3 rings (SSSR count). The fraction of sp³-hybridized carbons (Fsp3) is 0.278. The number of pyridine rings is 1. The Morgan fingerprint density at radius 3 is 2.62 bits per heavy atom. The predicted molar refractivity (Wildman–Crippen MR) is 91.1 cm³/mol. The highest BCUT2D eigenvalue weighted by Gasteiger charge is 2.31. The average molecular weight is 325 g/mol. The second kappa shape index (κ2) is 6.70. The fourth-order valence-electron chi connectivity index (χ4n) is 2.86. The lowest BCUT2D eigenvalue weighted by atomic mass is 10.0. The highest BCUT2D eigenvalue weighted by molar-refractivity contribution is 6.02. The van der Waals surface area contributed by atoms with E-state index in [-0.39, 0.29) is 11.5 Å². The number of amides is 2. The molecular formula is C18H19N3O3. The number of hydrogen-bond acceptors (Lipinski definition) is 3. The van der Waals surface area contributed by atoms with E-state index >= 15 is 0 Å². The molecule has 0 radical (unpaired) electrons. The lowest BCUT2D eigenvalue weighted by molar-refractivity contribution is -0.121. The molecule has 2 amide bonds. The topological polar surface area (TPSA) is 82.3 Å². The first-order valence-corrected chi connectivity index (χ1v) is 7.93. The van der Waals surface area contributed by atoms with Gasteiger partial charge in [-0.2, -0.15) is 0 Å². The number of carbonyl (C=O) groups is 2. The van der Waals surface area contributed by atoms with Crippen molar-refractivity contribution in [1.29, 1.82) is 0 Å². The zero-order chi connectivity index (χ0) is 17.1. The van der Waals surface area contributed by atoms with Crippen LogP contribution in [-0.4, -0.2) is 29.4 Å². The van der Waals surface area contributed by atoms with Crippen LogP contribution in [0.4, 0.5) is 5.69 Å². The highest BCUT2D eigenvalue weighted by atomic mass is 16.2. The van der Waals surface area contributed by atoms with Crippen molar-refractivity contribution in [3.63, 3.8) is 0 Å². The molecule has 1 aliphatic rings. The van der Waals surface area contributed by atoms with E-state index in [9.17, 15) is 14.4 Å². The summed E-state index contributed by atoms with van der Waals surface area (Å²) in [4.78, 5) is 41.1. The largest absolute Gasteiger partial charge is 0.340 e. The van der Waals surface area contributed by atoms with Crippen molar-refractivity contribution in [2.45, 2.75) is 25.8 Å². The second-order valence-corrected chi connectivity index (χ2v) is 5.88. The molecule has 0 saturated carbocycles. The number of nitrogens with one attached hydrogen (secondary N) is 2. The number of nitrogens with zero attached hydrogens (tertiary/aromatic N) is 1. The minimum absolute atomic E-state index is 0.0187. The molecule has 24 heavy (non-hydrogen) atoms. The molecule has 1 aromatic carbocycles.